The van der Waals surface area contributed by atoms with Gasteiger partial charge in [-0.3, -0.25) is 9.59 Å². The normalized spacial score (nSPS) is 17.6. The Morgan fingerprint density at radius 2 is 1.79 bits per heavy atom. The number of hydrogen-bond acceptors (Lipinski definition) is 3. The zero-order chi connectivity index (χ0) is 23.5. The minimum Gasteiger partial charge on any atom is -0.330 e. The number of carbonyl (C=O) groups excluding carboxylic acids is 2. The van der Waals surface area contributed by atoms with Gasteiger partial charge in [0.1, 0.15) is 6.54 Å². The maximum Gasteiger partial charge on any atom is 0.247 e. The molecule has 0 spiro atoms. The first-order valence-electron chi connectivity index (χ1n) is 12.0. The molecule has 1 aliphatic carbocycles. The van der Waals surface area contributed by atoms with E-state index >= 15 is 0 Å². The van der Waals surface area contributed by atoms with Gasteiger partial charge in [-0.15, -0.1) is 11.3 Å². The predicted molar refractivity (Wildman–Crippen MR) is 138 cm³/mol. The van der Waals surface area contributed by atoms with Gasteiger partial charge in [0.2, 0.25) is 11.8 Å². The van der Waals surface area contributed by atoms with Crippen molar-refractivity contribution in [2.24, 2.45) is 5.92 Å². The number of aryl methyl sites for hydroxylation is 1. The molecule has 174 valence electrons. The topological polar surface area (TPSA) is 40.6 Å². The SMILES string of the molecule is Cc1ccccc1C1c2ccsc2CCN1C(=O)CN(CC1CC1)C(=O)/C=C/c1ccccc1. The molecule has 3 aromatic rings. The molecule has 0 radical (unpaired) electrons. The van der Waals surface area contributed by atoms with Crippen molar-refractivity contribution in [3.8, 4) is 0 Å². The monoisotopic (exact) mass is 470 g/mol. The minimum atomic E-state index is -0.0959. The fourth-order valence-electron chi connectivity index (χ4n) is 4.75. The van der Waals surface area contributed by atoms with E-state index in [0.717, 1.165) is 24.8 Å². The molecule has 0 bridgehead atoms. The summed E-state index contributed by atoms with van der Waals surface area (Å²) >= 11 is 1.77. The molecule has 1 aromatic heterocycles. The van der Waals surface area contributed by atoms with Crippen LogP contribution in [0.2, 0.25) is 0 Å². The molecule has 0 N–H and O–H groups in total. The highest BCUT2D eigenvalue weighted by Crippen LogP contribution is 2.39. The van der Waals surface area contributed by atoms with Gasteiger partial charge in [0.05, 0.1) is 6.04 Å². The Kier molecular flexibility index (Phi) is 6.63. The largest absolute Gasteiger partial charge is 0.330 e. The fraction of sp³-hybridized carbons (Fsp3) is 0.310. The lowest BCUT2D eigenvalue weighted by atomic mass is 9.90. The van der Waals surface area contributed by atoms with Crippen LogP contribution in [0.25, 0.3) is 6.08 Å². The third kappa shape index (κ3) is 5.00. The molecule has 4 nitrogen and oxygen atoms in total. The van der Waals surface area contributed by atoms with E-state index in [-0.39, 0.29) is 24.4 Å². The predicted octanol–water partition coefficient (Wildman–Crippen LogP) is 5.48. The van der Waals surface area contributed by atoms with Gasteiger partial charge in [-0.1, -0.05) is 54.6 Å². The Morgan fingerprint density at radius 1 is 1.03 bits per heavy atom. The summed E-state index contributed by atoms with van der Waals surface area (Å²) < 4.78 is 0. The summed E-state index contributed by atoms with van der Waals surface area (Å²) in [6.07, 6.45) is 6.58. The summed E-state index contributed by atoms with van der Waals surface area (Å²) in [5.41, 5.74) is 4.55. The zero-order valence-electron chi connectivity index (χ0n) is 19.5. The van der Waals surface area contributed by atoms with Gasteiger partial charge < -0.3 is 9.80 Å². The lowest BCUT2D eigenvalue weighted by Gasteiger charge is -2.38. The van der Waals surface area contributed by atoms with Crippen LogP contribution < -0.4 is 0 Å². The molecule has 1 unspecified atom stereocenters. The van der Waals surface area contributed by atoms with Crippen molar-refractivity contribution in [2.45, 2.75) is 32.2 Å². The maximum atomic E-state index is 13.7. The van der Waals surface area contributed by atoms with Gasteiger partial charge in [-0.25, -0.2) is 0 Å². The molecule has 2 heterocycles. The van der Waals surface area contributed by atoms with Gasteiger partial charge in [-0.05, 0) is 71.9 Å². The Hall–Kier alpha value is -3.18. The van der Waals surface area contributed by atoms with Crippen LogP contribution in [0.3, 0.4) is 0 Å². The summed E-state index contributed by atoms with van der Waals surface area (Å²) in [7, 11) is 0. The smallest absolute Gasteiger partial charge is 0.247 e. The number of thiophene rings is 1. The van der Waals surface area contributed by atoms with Crippen LogP contribution in [0.15, 0.2) is 72.1 Å². The van der Waals surface area contributed by atoms with E-state index < -0.39 is 0 Å². The second-order valence-electron chi connectivity index (χ2n) is 9.30. The van der Waals surface area contributed by atoms with Gasteiger partial charge in [-0.2, -0.15) is 0 Å². The third-order valence-corrected chi connectivity index (χ3v) is 7.80. The van der Waals surface area contributed by atoms with Gasteiger partial charge in [0.15, 0.2) is 0 Å². The molecule has 5 rings (SSSR count). The molecular weight excluding hydrogens is 440 g/mol. The van der Waals surface area contributed by atoms with E-state index in [1.807, 2.05) is 53.4 Å². The molecule has 1 atom stereocenters. The van der Waals surface area contributed by atoms with E-state index in [9.17, 15) is 9.59 Å². The quantitative estimate of drug-likeness (QED) is 0.429. The first-order valence-corrected chi connectivity index (χ1v) is 12.9. The van der Waals surface area contributed by atoms with Crippen molar-refractivity contribution in [3.63, 3.8) is 0 Å². The van der Waals surface area contributed by atoms with Crippen LogP contribution in [0.1, 0.15) is 46.0 Å². The molecule has 2 aliphatic rings. The van der Waals surface area contributed by atoms with Crippen LogP contribution in [-0.2, 0) is 16.0 Å². The molecule has 34 heavy (non-hydrogen) atoms. The molecule has 2 amide bonds. The van der Waals surface area contributed by atoms with Crippen LogP contribution in [0.4, 0.5) is 0 Å². The number of carbonyl (C=O) groups is 2. The van der Waals surface area contributed by atoms with Crippen molar-refractivity contribution in [1.29, 1.82) is 0 Å². The van der Waals surface area contributed by atoms with Crippen molar-refractivity contribution in [2.75, 3.05) is 19.6 Å². The van der Waals surface area contributed by atoms with Crippen molar-refractivity contribution in [3.05, 3.63) is 99.3 Å². The van der Waals surface area contributed by atoms with Crippen LogP contribution in [-0.4, -0.2) is 41.2 Å². The number of fused-ring (bicyclic) bond motifs is 1. The van der Waals surface area contributed by atoms with E-state index in [4.69, 9.17) is 0 Å². The minimum absolute atomic E-state index is 0.0206. The standard InChI is InChI=1S/C29H30N2O2S/c1-21-7-5-6-10-24(21)29-25-16-18-34-26(25)15-17-31(29)28(33)20-30(19-23-11-12-23)27(32)14-13-22-8-3-2-4-9-22/h2-10,13-14,16,18,23,29H,11-12,15,17,19-20H2,1H3/b14-13+. The van der Waals surface area contributed by atoms with Crippen molar-refractivity contribution >= 4 is 29.2 Å². The lowest BCUT2D eigenvalue weighted by molar-refractivity contribution is -0.139. The number of rotatable bonds is 7. The Bertz CT molecular complexity index is 1200. The number of nitrogens with zero attached hydrogens (tertiary/aromatic N) is 2. The molecular formula is C29H30N2O2S. The second-order valence-corrected chi connectivity index (χ2v) is 10.3. The average Bonchev–Trinajstić information content (AvgIpc) is 3.55. The van der Waals surface area contributed by atoms with Gasteiger partial charge >= 0.3 is 0 Å². The average molecular weight is 471 g/mol. The van der Waals surface area contributed by atoms with Crippen molar-refractivity contribution in [1.82, 2.24) is 9.80 Å². The van der Waals surface area contributed by atoms with Gasteiger partial charge in [0.25, 0.3) is 0 Å². The molecule has 1 saturated carbocycles. The van der Waals surface area contributed by atoms with Crippen molar-refractivity contribution < 1.29 is 9.59 Å². The number of amides is 2. The van der Waals surface area contributed by atoms with E-state index in [2.05, 4.69) is 30.5 Å². The Labute approximate surface area is 205 Å². The molecule has 0 saturated heterocycles. The second kappa shape index (κ2) is 9.98. The van der Waals surface area contributed by atoms with E-state index in [1.54, 1.807) is 22.3 Å². The highest BCUT2D eigenvalue weighted by atomic mass is 32.1. The Balaban J connectivity index is 1.38. The van der Waals surface area contributed by atoms with Crippen LogP contribution >= 0.6 is 11.3 Å². The highest BCUT2D eigenvalue weighted by molar-refractivity contribution is 7.10. The number of hydrogen-bond donors (Lipinski definition) is 0. The summed E-state index contributed by atoms with van der Waals surface area (Å²) in [4.78, 5) is 32.0. The molecule has 1 aliphatic heterocycles. The Morgan fingerprint density at radius 3 is 2.56 bits per heavy atom. The van der Waals surface area contributed by atoms with E-state index in [1.165, 1.54) is 21.6 Å². The van der Waals surface area contributed by atoms with Crippen LogP contribution in [0, 0.1) is 12.8 Å². The summed E-state index contributed by atoms with van der Waals surface area (Å²) in [5, 5.41) is 2.13. The summed E-state index contributed by atoms with van der Waals surface area (Å²) in [6.45, 7) is 3.55. The van der Waals surface area contributed by atoms with E-state index in [0.29, 0.717) is 19.0 Å². The third-order valence-electron chi connectivity index (χ3n) is 6.80. The lowest BCUT2D eigenvalue weighted by Crippen LogP contribution is -2.47. The van der Waals surface area contributed by atoms with Gasteiger partial charge in [0, 0.05) is 24.0 Å². The molecule has 5 heteroatoms. The first kappa shape index (κ1) is 22.6. The molecule has 1 fully saturated rings. The highest BCUT2D eigenvalue weighted by Gasteiger charge is 2.35. The molecule has 2 aromatic carbocycles. The first-order chi connectivity index (χ1) is 16.6. The number of benzene rings is 2. The summed E-state index contributed by atoms with van der Waals surface area (Å²) in [5.74, 6) is 0.441. The van der Waals surface area contributed by atoms with Crippen LogP contribution in [0.5, 0.6) is 0 Å². The summed E-state index contributed by atoms with van der Waals surface area (Å²) in [6, 6.07) is 20.2. The zero-order valence-corrected chi connectivity index (χ0v) is 20.3. The maximum absolute atomic E-state index is 13.7. The fourth-order valence-corrected chi connectivity index (χ4v) is 5.65.